The van der Waals surface area contributed by atoms with Gasteiger partial charge in [0.05, 0.1) is 0 Å². The minimum absolute atomic E-state index is 0.0759. The first-order valence-electron chi connectivity index (χ1n) is 8.11. The van der Waals surface area contributed by atoms with Gasteiger partial charge in [0.15, 0.2) is 0 Å². The summed E-state index contributed by atoms with van der Waals surface area (Å²) >= 11 is 0. The van der Waals surface area contributed by atoms with Crippen LogP contribution in [0.5, 0.6) is 0 Å². The van der Waals surface area contributed by atoms with Gasteiger partial charge in [0.25, 0.3) is 0 Å². The molecule has 2 bridgehead atoms. The van der Waals surface area contributed by atoms with Crippen LogP contribution in [0.1, 0.15) is 38.2 Å². The fourth-order valence-corrected chi connectivity index (χ4v) is 4.05. The molecule has 1 heterocycles. The van der Waals surface area contributed by atoms with Gasteiger partial charge in [-0.25, -0.2) is 0 Å². The van der Waals surface area contributed by atoms with Crippen LogP contribution in [0.2, 0.25) is 0 Å². The summed E-state index contributed by atoms with van der Waals surface area (Å²) in [5.41, 5.74) is 0.879. The predicted octanol–water partition coefficient (Wildman–Crippen LogP) is 1.64. The maximum absolute atomic E-state index is 12.0. The number of hydrogen-bond acceptors (Lipinski definition) is 3. The molecule has 0 aliphatic heterocycles. The van der Waals surface area contributed by atoms with Crippen LogP contribution in [0.25, 0.3) is 0 Å². The Kier molecular flexibility index (Phi) is 4.41. The van der Waals surface area contributed by atoms with Gasteiger partial charge in [0.1, 0.15) is 0 Å². The van der Waals surface area contributed by atoms with E-state index in [1.165, 1.54) is 25.7 Å². The summed E-state index contributed by atoms with van der Waals surface area (Å²) < 4.78 is 0. The molecule has 2 fully saturated rings. The van der Waals surface area contributed by atoms with Crippen molar-refractivity contribution in [3.05, 3.63) is 30.1 Å². The second kappa shape index (κ2) is 6.46. The number of pyridine rings is 1. The van der Waals surface area contributed by atoms with Gasteiger partial charge >= 0.3 is 11.8 Å². The fourth-order valence-electron chi connectivity index (χ4n) is 4.05. The van der Waals surface area contributed by atoms with Crippen LogP contribution < -0.4 is 10.6 Å². The maximum Gasteiger partial charge on any atom is 0.309 e. The number of nitrogens with zero attached hydrogens (tertiary/aromatic N) is 1. The Bertz CT molecular complexity index is 546. The number of carbonyl (C=O) groups excluding carboxylic acids is 2. The third kappa shape index (κ3) is 3.29. The van der Waals surface area contributed by atoms with Crippen LogP contribution in [0.15, 0.2) is 24.5 Å². The average Bonchev–Trinajstić information content (AvgIpc) is 3.16. The standard InChI is InChI=1S/C17H23N3O2/c1-11(15-8-12-4-5-14(15)7-12)20-17(22)16(21)19-10-13-3-2-6-18-9-13/h2-3,6,9,11-12,14-15H,4-5,7-8,10H2,1H3,(H,19,21)(H,20,22). The minimum atomic E-state index is -0.571. The van der Waals surface area contributed by atoms with E-state index in [2.05, 4.69) is 15.6 Å². The zero-order valence-corrected chi connectivity index (χ0v) is 12.9. The normalized spacial score (nSPS) is 27.4. The Balaban J connectivity index is 1.46. The lowest BCUT2D eigenvalue weighted by Crippen LogP contribution is -2.46. The van der Waals surface area contributed by atoms with E-state index >= 15 is 0 Å². The molecule has 2 aliphatic rings. The van der Waals surface area contributed by atoms with Crippen molar-refractivity contribution in [2.24, 2.45) is 17.8 Å². The fraction of sp³-hybridized carbons (Fsp3) is 0.588. The molecule has 5 nitrogen and oxygen atoms in total. The Labute approximate surface area is 130 Å². The number of carbonyl (C=O) groups is 2. The Morgan fingerprint density at radius 1 is 1.32 bits per heavy atom. The first-order chi connectivity index (χ1) is 10.6. The molecule has 22 heavy (non-hydrogen) atoms. The molecular weight excluding hydrogens is 278 g/mol. The summed E-state index contributed by atoms with van der Waals surface area (Å²) in [5, 5.41) is 5.51. The zero-order chi connectivity index (χ0) is 15.5. The Hall–Kier alpha value is -1.91. The van der Waals surface area contributed by atoms with Crippen LogP contribution in [-0.2, 0) is 16.1 Å². The molecule has 2 amide bonds. The van der Waals surface area contributed by atoms with Crippen molar-refractivity contribution >= 4 is 11.8 Å². The van der Waals surface area contributed by atoms with E-state index in [1.54, 1.807) is 18.5 Å². The largest absolute Gasteiger partial charge is 0.345 e. The number of aromatic nitrogens is 1. The van der Waals surface area contributed by atoms with E-state index in [4.69, 9.17) is 0 Å². The number of amides is 2. The van der Waals surface area contributed by atoms with Crippen LogP contribution in [0, 0.1) is 17.8 Å². The lowest BCUT2D eigenvalue weighted by atomic mass is 9.84. The summed E-state index contributed by atoms with van der Waals surface area (Å²) in [7, 11) is 0. The Morgan fingerprint density at radius 3 is 2.82 bits per heavy atom. The van der Waals surface area contributed by atoms with Gasteiger partial charge in [0.2, 0.25) is 0 Å². The molecule has 0 aromatic carbocycles. The summed E-state index contributed by atoms with van der Waals surface area (Å²) in [5.74, 6) is 1.01. The smallest absolute Gasteiger partial charge is 0.309 e. The van der Waals surface area contributed by atoms with Crippen molar-refractivity contribution in [3.8, 4) is 0 Å². The number of fused-ring (bicyclic) bond motifs is 2. The molecule has 0 saturated heterocycles. The highest BCUT2D eigenvalue weighted by atomic mass is 16.2. The van der Waals surface area contributed by atoms with E-state index in [9.17, 15) is 9.59 Å². The molecular formula is C17H23N3O2. The van der Waals surface area contributed by atoms with Crippen LogP contribution in [0.3, 0.4) is 0 Å². The first-order valence-corrected chi connectivity index (χ1v) is 8.11. The van der Waals surface area contributed by atoms with Crippen molar-refractivity contribution < 1.29 is 9.59 Å². The second-order valence-corrected chi connectivity index (χ2v) is 6.64. The molecule has 4 atom stereocenters. The monoisotopic (exact) mass is 301 g/mol. The summed E-state index contributed by atoms with van der Waals surface area (Å²) in [4.78, 5) is 27.9. The van der Waals surface area contributed by atoms with Gasteiger partial charge in [-0.15, -0.1) is 0 Å². The van der Waals surface area contributed by atoms with E-state index in [0.717, 1.165) is 17.4 Å². The molecule has 2 N–H and O–H groups in total. The van der Waals surface area contributed by atoms with Gasteiger partial charge in [-0.1, -0.05) is 12.5 Å². The summed E-state index contributed by atoms with van der Waals surface area (Å²) in [6.45, 7) is 2.35. The lowest BCUT2D eigenvalue weighted by molar-refractivity contribution is -0.140. The topological polar surface area (TPSA) is 71.1 Å². The van der Waals surface area contributed by atoms with Crippen molar-refractivity contribution in [1.29, 1.82) is 0 Å². The van der Waals surface area contributed by atoms with Crippen molar-refractivity contribution in [2.45, 2.75) is 45.2 Å². The number of nitrogens with one attached hydrogen (secondary N) is 2. The molecule has 5 heteroatoms. The first kappa shape index (κ1) is 15.0. The van der Waals surface area contributed by atoms with Gasteiger partial charge < -0.3 is 10.6 Å². The SMILES string of the molecule is CC(NC(=O)C(=O)NCc1cccnc1)C1CC2CCC1C2. The van der Waals surface area contributed by atoms with Gasteiger partial charge in [0, 0.05) is 25.0 Å². The van der Waals surface area contributed by atoms with Crippen LogP contribution in [0.4, 0.5) is 0 Å². The van der Waals surface area contributed by atoms with Crippen molar-refractivity contribution in [3.63, 3.8) is 0 Å². The lowest BCUT2D eigenvalue weighted by Gasteiger charge is -2.28. The van der Waals surface area contributed by atoms with Gasteiger partial charge in [-0.2, -0.15) is 0 Å². The third-order valence-corrected chi connectivity index (χ3v) is 5.18. The van der Waals surface area contributed by atoms with E-state index < -0.39 is 11.8 Å². The quantitative estimate of drug-likeness (QED) is 0.831. The minimum Gasteiger partial charge on any atom is -0.345 e. The predicted molar refractivity (Wildman–Crippen MR) is 82.6 cm³/mol. The summed E-state index contributed by atoms with van der Waals surface area (Å²) in [6, 6.07) is 3.74. The highest BCUT2D eigenvalue weighted by molar-refractivity contribution is 6.35. The number of hydrogen-bond donors (Lipinski definition) is 2. The molecule has 4 unspecified atom stereocenters. The molecule has 0 spiro atoms. The molecule has 118 valence electrons. The van der Waals surface area contributed by atoms with Crippen molar-refractivity contribution in [1.82, 2.24) is 15.6 Å². The second-order valence-electron chi connectivity index (χ2n) is 6.64. The Morgan fingerprint density at radius 2 is 2.18 bits per heavy atom. The molecule has 0 radical (unpaired) electrons. The highest BCUT2D eigenvalue weighted by Gasteiger charge is 2.42. The van der Waals surface area contributed by atoms with E-state index in [0.29, 0.717) is 12.5 Å². The van der Waals surface area contributed by atoms with E-state index in [-0.39, 0.29) is 6.04 Å². The van der Waals surface area contributed by atoms with Crippen LogP contribution >= 0.6 is 0 Å². The van der Waals surface area contributed by atoms with Crippen molar-refractivity contribution in [2.75, 3.05) is 0 Å². The number of rotatable bonds is 4. The average molecular weight is 301 g/mol. The van der Waals surface area contributed by atoms with Gasteiger partial charge in [-0.3, -0.25) is 14.6 Å². The van der Waals surface area contributed by atoms with E-state index in [1.807, 2.05) is 13.0 Å². The highest BCUT2D eigenvalue weighted by Crippen LogP contribution is 2.49. The molecule has 2 aliphatic carbocycles. The van der Waals surface area contributed by atoms with Gasteiger partial charge in [-0.05, 0) is 55.6 Å². The third-order valence-electron chi connectivity index (χ3n) is 5.18. The molecule has 2 saturated carbocycles. The molecule has 1 aromatic rings. The maximum atomic E-state index is 12.0. The molecule has 1 aromatic heterocycles. The zero-order valence-electron chi connectivity index (χ0n) is 12.9. The summed E-state index contributed by atoms with van der Waals surface area (Å²) in [6.07, 6.45) is 8.47. The van der Waals surface area contributed by atoms with Crippen LogP contribution in [-0.4, -0.2) is 22.8 Å². The molecule has 3 rings (SSSR count).